The highest BCUT2D eigenvalue weighted by molar-refractivity contribution is 6.31. The Morgan fingerprint density at radius 2 is 1.88 bits per heavy atom. The van der Waals surface area contributed by atoms with Crippen molar-refractivity contribution in [3.63, 3.8) is 0 Å². The number of anilines is 3. The van der Waals surface area contributed by atoms with E-state index in [4.69, 9.17) is 30.5 Å². The summed E-state index contributed by atoms with van der Waals surface area (Å²) in [5, 5.41) is 6.28. The first-order valence-corrected chi connectivity index (χ1v) is 14.6. The van der Waals surface area contributed by atoms with Crippen LogP contribution in [0.15, 0.2) is 48.6 Å². The van der Waals surface area contributed by atoms with Crippen molar-refractivity contribution in [3.8, 4) is 5.75 Å². The molecule has 0 radical (unpaired) electrons. The number of amides is 1. The maximum atomic E-state index is 15.1. The Balaban J connectivity index is 1.12. The molecule has 3 aliphatic heterocycles. The van der Waals surface area contributed by atoms with Gasteiger partial charge in [-0.3, -0.25) is 9.69 Å². The van der Waals surface area contributed by atoms with E-state index < -0.39 is 17.6 Å². The van der Waals surface area contributed by atoms with E-state index in [2.05, 4.69) is 20.6 Å². The Hall–Kier alpha value is -3.42. The standard InChI is InChI=1S/C30H30ClF2N5O5/c31-21-7-16(1-2-22(21)32)36-29-17-8-25(26(9-24(17)34-15-35-29)43-14-20-18-12-40-13-19(18)20)37-30(39)23(33)3-4-38-10-27-28(11-38)42-6-5-41-27/h1-3,7-9,15,18-20,27-28H,4-6,10-14H2,(H,37,39)(H,34,35,36)/b23-3-/t18?,19?,20?,27-,28-/m0/s1. The summed E-state index contributed by atoms with van der Waals surface area (Å²) in [6.07, 6.45) is 2.57. The minimum absolute atomic E-state index is 0.0372. The lowest BCUT2D eigenvalue weighted by Crippen LogP contribution is -2.36. The minimum Gasteiger partial charge on any atom is -0.491 e. The fraction of sp³-hybridized carbons (Fsp3) is 0.433. The molecule has 4 aliphatic rings. The molecule has 3 aromatic rings. The molecule has 1 aliphatic carbocycles. The summed E-state index contributed by atoms with van der Waals surface area (Å²) in [5.74, 6) is -0.284. The first-order chi connectivity index (χ1) is 20.9. The summed E-state index contributed by atoms with van der Waals surface area (Å²) in [5.41, 5.74) is 1.31. The monoisotopic (exact) mass is 613 g/mol. The average Bonchev–Trinajstić information content (AvgIpc) is 3.31. The van der Waals surface area contributed by atoms with Gasteiger partial charge < -0.3 is 29.6 Å². The third-order valence-corrected chi connectivity index (χ3v) is 8.80. The lowest BCUT2D eigenvalue weighted by atomic mass is 10.1. The van der Waals surface area contributed by atoms with Crippen molar-refractivity contribution in [2.75, 3.05) is 63.3 Å². The largest absolute Gasteiger partial charge is 0.491 e. The Kier molecular flexibility index (Phi) is 7.87. The van der Waals surface area contributed by atoms with E-state index >= 15 is 4.39 Å². The molecule has 1 aromatic heterocycles. The van der Waals surface area contributed by atoms with Crippen molar-refractivity contribution < 1.29 is 32.5 Å². The zero-order valence-electron chi connectivity index (χ0n) is 23.1. The number of likely N-dealkylation sites (tertiary alicyclic amines) is 1. The summed E-state index contributed by atoms with van der Waals surface area (Å²) in [6.45, 7) is 4.46. The number of fused-ring (bicyclic) bond motifs is 3. The number of halogens is 3. The summed E-state index contributed by atoms with van der Waals surface area (Å²) in [7, 11) is 0. The van der Waals surface area contributed by atoms with E-state index in [1.807, 2.05) is 4.90 Å². The molecular weight excluding hydrogens is 584 g/mol. The van der Waals surface area contributed by atoms with Crippen LogP contribution in [0.25, 0.3) is 10.9 Å². The molecule has 2 aromatic carbocycles. The molecule has 0 bridgehead atoms. The number of nitrogens with zero attached hydrogens (tertiary/aromatic N) is 3. The molecule has 4 heterocycles. The lowest BCUT2D eigenvalue weighted by Gasteiger charge is -2.24. The highest BCUT2D eigenvalue weighted by atomic mass is 35.5. The molecule has 2 N–H and O–H groups in total. The molecule has 4 atom stereocenters. The van der Waals surface area contributed by atoms with E-state index in [0.29, 0.717) is 78.8 Å². The maximum Gasteiger partial charge on any atom is 0.284 e. The van der Waals surface area contributed by atoms with Crippen LogP contribution in [0, 0.1) is 23.6 Å². The number of ether oxygens (including phenoxy) is 4. The minimum atomic E-state index is -0.916. The SMILES string of the molecule is O=C(Nc1cc2c(Nc3ccc(F)c(Cl)c3)ncnc2cc1OCC1C2COCC21)/C(F)=C/CN1C[C@@H]2OCCO[C@H]2C1. The van der Waals surface area contributed by atoms with Crippen LogP contribution in [0.5, 0.6) is 5.75 Å². The average molecular weight is 614 g/mol. The quantitative estimate of drug-likeness (QED) is 0.341. The predicted molar refractivity (Wildman–Crippen MR) is 155 cm³/mol. The smallest absolute Gasteiger partial charge is 0.284 e. The molecule has 1 amide bonds. The first-order valence-electron chi connectivity index (χ1n) is 14.3. The van der Waals surface area contributed by atoms with Crippen LogP contribution in [0.1, 0.15) is 0 Å². The molecule has 0 spiro atoms. The Bertz CT molecular complexity index is 1550. The van der Waals surface area contributed by atoms with E-state index in [0.717, 1.165) is 13.2 Å². The Labute approximate surface area is 251 Å². The second kappa shape index (κ2) is 11.9. The van der Waals surface area contributed by atoms with Crippen LogP contribution in [0.2, 0.25) is 5.02 Å². The Morgan fingerprint density at radius 3 is 2.63 bits per heavy atom. The van der Waals surface area contributed by atoms with Crippen molar-refractivity contribution in [3.05, 3.63) is 59.4 Å². The summed E-state index contributed by atoms with van der Waals surface area (Å²) >= 11 is 5.95. The maximum absolute atomic E-state index is 15.1. The second-order valence-corrected chi connectivity index (χ2v) is 11.6. The van der Waals surface area contributed by atoms with Gasteiger partial charge in [0.1, 0.15) is 23.7 Å². The fourth-order valence-corrected chi connectivity index (χ4v) is 6.25. The van der Waals surface area contributed by atoms with E-state index in [1.54, 1.807) is 12.1 Å². The van der Waals surface area contributed by atoms with E-state index in [1.165, 1.54) is 30.6 Å². The van der Waals surface area contributed by atoms with Crippen molar-refractivity contribution in [2.24, 2.45) is 17.8 Å². The number of hydrogen-bond acceptors (Lipinski definition) is 9. The topological polar surface area (TPSA) is 107 Å². The Morgan fingerprint density at radius 1 is 1.12 bits per heavy atom. The van der Waals surface area contributed by atoms with Crippen molar-refractivity contribution >= 4 is 45.6 Å². The van der Waals surface area contributed by atoms with Gasteiger partial charge in [0.05, 0.1) is 61.5 Å². The van der Waals surface area contributed by atoms with Crippen LogP contribution in [-0.2, 0) is 19.0 Å². The fourth-order valence-electron chi connectivity index (χ4n) is 6.07. The number of hydrogen-bond donors (Lipinski definition) is 2. The van der Waals surface area contributed by atoms with Crippen LogP contribution < -0.4 is 15.4 Å². The van der Waals surface area contributed by atoms with Crippen molar-refractivity contribution in [2.45, 2.75) is 12.2 Å². The number of aromatic nitrogens is 2. The predicted octanol–water partition coefficient (Wildman–Crippen LogP) is 4.33. The zero-order valence-corrected chi connectivity index (χ0v) is 23.9. The third-order valence-electron chi connectivity index (χ3n) is 8.51. The third kappa shape index (κ3) is 6.02. The van der Waals surface area contributed by atoms with Gasteiger partial charge in [0.2, 0.25) is 0 Å². The molecule has 10 nitrogen and oxygen atoms in total. The number of carbonyl (C=O) groups is 1. The molecule has 3 saturated heterocycles. The van der Waals surface area contributed by atoms with Gasteiger partial charge in [-0.2, -0.15) is 0 Å². The molecule has 13 heteroatoms. The molecule has 1 saturated carbocycles. The van der Waals surface area contributed by atoms with Crippen molar-refractivity contribution in [1.82, 2.24) is 14.9 Å². The number of rotatable bonds is 9. The highest BCUT2D eigenvalue weighted by Gasteiger charge is 2.54. The van der Waals surface area contributed by atoms with Crippen LogP contribution in [0.4, 0.5) is 26.0 Å². The number of carbonyl (C=O) groups excluding carboxylic acids is 1. The van der Waals surface area contributed by atoms with Gasteiger partial charge in [0.25, 0.3) is 5.91 Å². The van der Waals surface area contributed by atoms with Crippen LogP contribution in [0.3, 0.4) is 0 Å². The zero-order chi connectivity index (χ0) is 29.5. The molecular formula is C30H30ClF2N5O5. The summed E-state index contributed by atoms with van der Waals surface area (Å²) in [6, 6.07) is 7.54. The molecule has 7 rings (SSSR count). The van der Waals surface area contributed by atoms with Crippen molar-refractivity contribution in [1.29, 1.82) is 0 Å². The van der Waals surface area contributed by atoms with Gasteiger partial charge in [0, 0.05) is 42.7 Å². The van der Waals surface area contributed by atoms with Gasteiger partial charge in [0.15, 0.2) is 5.83 Å². The normalized spacial score (nSPS) is 26.7. The van der Waals surface area contributed by atoms with E-state index in [9.17, 15) is 9.18 Å². The van der Waals surface area contributed by atoms with Gasteiger partial charge >= 0.3 is 0 Å². The number of benzene rings is 2. The van der Waals surface area contributed by atoms with Gasteiger partial charge in [-0.1, -0.05) is 11.6 Å². The lowest BCUT2D eigenvalue weighted by molar-refractivity contribution is -0.116. The molecule has 2 unspecified atom stereocenters. The van der Waals surface area contributed by atoms with Crippen LogP contribution >= 0.6 is 11.6 Å². The highest BCUT2D eigenvalue weighted by Crippen LogP contribution is 2.51. The number of nitrogens with one attached hydrogen (secondary N) is 2. The first kappa shape index (κ1) is 28.4. The van der Waals surface area contributed by atoms with Gasteiger partial charge in [-0.05, 0) is 42.2 Å². The van der Waals surface area contributed by atoms with Gasteiger partial charge in [-0.15, -0.1) is 0 Å². The summed E-state index contributed by atoms with van der Waals surface area (Å²) < 4.78 is 51.9. The molecule has 43 heavy (non-hydrogen) atoms. The van der Waals surface area contributed by atoms with Crippen LogP contribution in [-0.4, -0.2) is 85.7 Å². The summed E-state index contributed by atoms with van der Waals surface area (Å²) in [4.78, 5) is 23.7. The van der Waals surface area contributed by atoms with E-state index in [-0.39, 0.29) is 29.5 Å². The second-order valence-electron chi connectivity index (χ2n) is 11.2. The molecule has 226 valence electrons. The van der Waals surface area contributed by atoms with Gasteiger partial charge in [-0.25, -0.2) is 18.7 Å². The molecule has 4 fully saturated rings.